The first kappa shape index (κ1) is 18.4. The molecule has 1 aliphatic heterocycles. The van der Waals surface area contributed by atoms with Gasteiger partial charge in [0, 0.05) is 25.6 Å². The van der Waals surface area contributed by atoms with Crippen LogP contribution in [0.2, 0.25) is 0 Å². The van der Waals surface area contributed by atoms with Crippen LogP contribution in [0.1, 0.15) is 39.0 Å². The number of primary amides is 1. The van der Waals surface area contributed by atoms with Gasteiger partial charge in [0.25, 0.3) is 0 Å². The van der Waals surface area contributed by atoms with Crippen LogP contribution < -0.4 is 11.1 Å². The highest BCUT2D eigenvalue weighted by molar-refractivity contribution is 7.91. The number of hydrogen-bond donors (Lipinski definition) is 2. The van der Waals surface area contributed by atoms with E-state index in [1.807, 2.05) is 0 Å². The Morgan fingerprint density at radius 2 is 2.05 bits per heavy atom. The fourth-order valence-electron chi connectivity index (χ4n) is 2.63. The van der Waals surface area contributed by atoms with Gasteiger partial charge in [-0.1, -0.05) is 13.3 Å². The lowest BCUT2D eigenvalue weighted by Gasteiger charge is -2.30. The van der Waals surface area contributed by atoms with Crippen LogP contribution in [0.3, 0.4) is 0 Å². The highest BCUT2D eigenvalue weighted by Crippen LogP contribution is 2.09. The molecular formula is C14H29N3O3S. The van der Waals surface area contributed by atoms with E-state index in [4.69, 9.17) is 5.73 Å². The molecule has 0 saturated carbocycles. The molecular weight excluding hydrogens is 290 g/mol. The van der Waals surface area contributed by atoms with Crippen molar-refractivity contribution < 1.29 is 13.2 Å². The molecule has 1 unspecified atom stereocenters. The Morgan fingerprint density at radius 3 is 2.62 bits per heavy atom. The van der Waals surface area contributed by atoms with E-state index < -0.39 is 15.7 Å². The number of carbonyl (C=O) groups excluding carboxylic acids is 1. The molecule has 0 aromatic rings. The van der Waals surface area contributed by atoms with Crippen LogP contribution in [0.4, 0.5) is 0 Å². The summed E-state index contributed by atoms with van der Waals surface area (Å²) in [6.45, 7) is 5.50. The Balaban J connectivity index is 2.40. The first-order chi connectivity index (χ1) is 9.93. The van der Waals surface area contributed by atoms with Crippen LogP contribution in [0.25, 0.3) is 0 Å². The third kappa shape index (κ3) is 8.38. The molecule has 0 bridgehead atoms. The topological polar surface area (TPSA) is 92.5 Å². The number of carbonyl (C=O) groups is 1. The summed E-state index contributed by atoms with van der Waals surface area (Å²) in [5.41, 5.74) is 5.00. The van der Waals surface area contributed by atoms with Crippen molar-refractivity contribution in [1.82, 2.24) is 10.2 Å². The molecule has 6 nitrogen and oxygen atoms in total. The average Bonchev–Trinajstić information content (AvgIpc) is 2.44. The van der Waals surface area contributed by atoms with Crippen LogP contribution in [0.15, 0.2) is 0 Å². The predicted octanol–water partition coefficient (Wildman–Crippen LogP) is 0.131. The lowest BCUT2D eigenvalue weighted by molar-refractivity contribution is -0.117. The molecule has 0 aromatic heterocycles. The molecule has 1 saturated heterocycles. The molecule has 7 heteroatoms. The number of hydrogen-bond acceptors (Lipinski definition) is 5. The zero-order chi connectivity index (χ0) is 15.7. The third-order valence-electron chi connectivity index (χ3n) is 3.81. The van der Waals surface area contributed by atoms with Crippen LogP contribution in [-0.2, 0) is 14.6 Å². The van der Waals surface area contributed by atoms with Crippen molar-refractivity contribution in [3.63, 3.8) is 0 Å². The van der Waals surface area contributed by atoms with Gasteiger partial charge in [-0.3, -0.25) is 4.79 Å². The minimum Gasteiger partial charge on any atom is -0.370 e. The summed E-state index contributed by atoms with van der Waals surface area (Å²) in [7, 11) is -3.19. The highest BCUT2D eigenvalue weighted by atomic mass is 32.2. The van der Waals surface area contributed by atoms with Gasteiger partial charge in [-0.05, 0) is 32.4 Å². The predicted molar refractivity (Wildman–Crippen MR) is 84.8 cm³/mol. The van der Waals surface area contributed by atoms with Crippen LogP contribution in [-0.4, -0.2) is 63.0 Å². The first-order valence-electron chi connectivity index (χ1n) is 7.87. The van der Waals surface area contributed by atoms with Crippen molar-refractivity contribution in [2.24, 2.45) is 5.73 Å². The van der Waals surface area contributed by atoms with Gasteiger partial charge < -0.3 is 16.0 Å². The summed E-state index contributed by atoms with van der Waals surface area (Å²) in [6, 6.07) is 0.471. The summed E-state index contributed by atoms with van der Waals surface area (Å²) in [5, 5.41) is 3.49. The van der Waals surface area contributed by atoms with Gasteiger partial charge in [0.2, 0.25) is 5.91 Å². The second-order valence-electron chi connectivity index (χ2n) is 5.82. The number of piperidine rings is 1. The molecule has 1 fully saturated rings. The van der Waals surface area contributed by atoms with E-state index in [0.29, 0.717) is 12.6 Å². The van der Waals surface area contributed by atoms with Gasteiger partial charge in [-0.2, -0.15) is 0 Å². The molecule has 0 aliphatic carbocycles. The van der Waals surface area contributed by atoms with Crippen molar-refractivity contribution in [2.75, 3.05) is 37.7 Å². The van der Waals surface area contributed by atoms with E-state index in [9.17, 15) is 13.2 Å². The fourth-order valence-corrected chi connectivity index (χ4v) is 3.88. The summed E-state index contributed by atoms with van der Waals surface area (Å²) < 4.78 is 23.8. The Labute approximate surface area is 128 Å². The van der Waals surface area contributed by atoms with Gasteiger partial charge in [-0.25, -0.2) is 8.42 Å². The second kappa shape index (κ2) is 9.38. The van der Waals surface area contributed by atoms with E-state index in [2.05, 4.69) is 17.1 Å². The lowest BCUT2D eigenvalue weighted by Crippen LogP contribution is -2.45. The van der Waals surface area contributed by atoms with Gasteiger partial charge in [0.05, 0.1) is 11.5 Å². The molecule has 3 N–H and O–H groups in total. The summed E-state index contributed by atoms with van der Waals surface area (Å²) in [4.78, 5) is 12.9. The molecule has 1 amide bonds. The van der Waals surface area contributed by atoms with Crippen molar-refractivity contribution >= 4 is 15.7 Å². The maximum absolute atomic E-state index is 11.9. The maximum atomic E-state index is 11.9. The zero-order valence-electron chi connectivity index (χ0n) is 13.0. The Kier molecular flexibility index (Phi) is 8.21. The SMILES string of the molecule is CCCN(CCS(=O)(=O)CCC(N)=O)CC1CCCCN1. The number of nitrogens with one attached hydrogen (secondary N) is 1. The quantitative estimate of drug-likeness (QED) is 0.597. The summed E-state index contributed by atoms with van der Waals surface area (Å²) in [6.07, 6.45) is 4.56. The summed E-state index contributed by atoms with van der Waals surface area (Å²) in [5.74, 6) is -0.591. The van der Waals surface area contributed by atoms with E-state index in [1.54, 1.807) is 0 Å². The molecule has 124 valence electrons. The molecule has 1 heterocycles. The number of amides is 1. The fraction of sp³-hybridized carbons (Fsp3) is 0.929. The van der Waals surface area contributed by atoms with Crippen molar-refractivity contribution in [1.29, 1.82) is 0 Å². The molecule has 21 heavy (non-hydrogen) atoms. The molecule has 1 aliphatic rings. The zero-order valence-corrected chi connectivity index (χ0v) is 13.8. The van der Waals surface area contributed by atoms with E-state index in [1.165, 1.54) is 12.8 Å². The number of sulfone groups is 1. The minimum atomic E-state index is -3.19. The number of rotatable bonds is 10. The first-order valence-corrected chi connectivity index (χ1v) is 9.69. The average molecular weight is 319 g/mol. The number of nitrogens with two attached hydrogens (primary N) is 1. The van der Waals surface area contributed by atoms with Gasteiger partial charge in [-0.15, -0.1) is 0 Å². The number of nitrogens with zero attached hydrogens (tertiary/aromatic N) is 1. The molecule has 1 rings (SSSR count). The van der Waals surface area contributed by atoms with E-state index in [0.717, 1.165) is 32.5 Å². The van der Waals surface area contributed by atoms with Gasteiger partial charge in [0.1, 0.15) is 0 Å². The maximum Gasteiger partial charge on any atom is 0.218 e. The Morgan fingerprint density at radius 1 is 1.29 bits per heavy atom. The minimum absolute atomic E-state index is 0.0830. The van der Waals surface area contributed by atoms with Crippen LogP contribution >= 0.6 is 0 Å². The Hall–Kier alpha value is -0.660. The Bertz CT molecular complexity index is 406. The van der Waals surface area contributed by atoms with Crippen molar-refractivity contribution in [3.8, 4) is 0 Å². The van der Waals surface area contributed by atoms with Gasteiger partial charge in [0.15, 0.2) is 9.84 Å². The van der Waals surface area contributed by atoms with Crippen molar-refractivity contribution in [3.05, 3.63) is 0 Å². The van der Waals surface area contributed by atoms with Gasteiger partial charge >= 0.3 is 0 Å². The standard InChI is InChI=1S/C14H29N3O3S/c1-2-8-17(12-13-5-3-4-7-16-13)9-11-21(19,20)10-6-14(15)18/h13,16H,2-12H2,1H3,(H2,15,18). The summed E-state index contributed by atoms with van der Waals surface area (Å²) >= 11 is 0. The largest absolute Gasteiger partial charge is 0.370 e. The van der Waals surface area contributed by atoms with Crippen LogP contribution in [0, 0.1) is 0 Å². The smallest absolute Gasteiger partial charge is 0.218 e. The molecule has 0 radical (unpaired) electrons. The molecule has 1 atom stereocenters. The third-order valence-corrected chi connectivity index (χ3v) is 5.44. The highest BCUT2D eigenvalue weighted by Gasteiger charge is 2.19. The molecule has 0 spiro atoms. The second-order valence-corrected chi connectivity index (χ2v) is 8.12. The van der Waals surface area contributed by atoms with Crippen LogP contribution in [0.5, 0.6) is 0 Å². The lowest BCUT2D eigenvalue weighted by atomic mass is 10.0. The molecule has 0 aromatic carbocycles. The monoisotopic (exact) mass is 319 g/mol. The van der Waals surface area contributed by atoms with Crippen molar-refractivity contribution in [2.45, 2.75) is 45.1 Å². The van der Waals surface area contributed by atoms with E-state index >= 15 is 0 Å². The van der Waals surface area contributed by atoms with E-state index in [-0.39, 0.29) is 17.9 Å². The normalized spacial score (nSPS) is 19.8.